The van der Waals surface area contributed by atoms with E-state index < -0.39 is 17.0 Å². The van der Waals surface area contributed by atoms with Gasteiger partial charge in [0.15, 0.2) is 16.7 Å². The summed E-state index contributed by atoms with van der Waals surface area (Å²) in [5, 5.41) is 16.4. The smallest absolute Gasteiger partial charge is 0.358 e. The number of unbranched alkanes of at least 4 members (excludes halogenated alkanes) is 1. The topological polar surface area (TPSA) is 168 Å². The average molecular weight is 533 g/mol. The molecule has 3 heterocycles. The van der Waals surface area contributed by atoms with Crippen molar-refractivity contribution in [2.45, 2.75) is 49.5 Å². The summed E-state index contributed by atoms with van der Waals surface area (Å²) in [4.78, 5) is 20.1. The quantitative estimate of drug-likeness (QED) is 0.245. The SMILES string of the molecule is N/C(=C\c1c(-c2cncnc2)c(C2CC2)n(S(=O)c2ccccc2)c1N)CCCCn1cc(C(=O)O)nn1. The van der Waals surface area contributed by atoms with Gasteiger partial charge in [-0.15, -0.1) is 5.10 Å². The van der Waals surface area contributed by atoms with E-state index in [2.05, 4.69) is 20.3 Å². The number of hydrogen-bond donors (Lipinski definition) is 3. The van der Waals surface area contributed by atoms with E-state index in [9.17, 15) is 9.00 Å². The highest BCUT2D eigenvalue weighted by molar-refractivity contribution is 7.83. The molecule has 1 aliphatic rings. The van der Waals surface area contributed by atoms with E-state index >= 15 is 0 Å². The first-order chi connectivity index (χ1) is 18.4. The number of nitrogens with two attached hydrogens (primary N) is 2. The Kier molecular flexibility index (Phi) is 7.31. The van der Waals surface area contributed by atoms with Gasteiger partial charge in [0.25, 0.3) is 0 Å². The standard InChI is InChI=1S/C26H28N8O3S/c27-19(6-4-5-11-33-15-22(26(35)36)31-32-33)12-21-23(18-13-29-16-30-14-18)24(17-9-10-17)34(25(21)28)38(37)20-7-2-1-3-8-20/h1-3,7-8,12-17H,4-6,9-11,27-28H2,(H,35,36)/b19-12-. The van der Waals surface area contributed by atoms with Crippen LogP contribution in [0.25, 0.3) is 17.2 Å². The zero-order valence-electron chi connectivity index (χ0n) is 20.6. The minimum absolute atomic E-state index is 0.0822. The van der Waals surface area contributed by atoms with Gasteiger partial charge in [-0.25, -0.2) is 22.9 Å². The van der Waals surface area contributed by atoms with Gasteiger partial charge in [0.1, 0.15) is 12.1 Å². The Morgan fingerprint density at radius 2 is 1.89 bits per heavy atom. The fourth-order valence-corrected chi connectivity index (χ4v) is 5.70. The fourth-order valence-electron chi connectivity index (χ4n) is 4.40. The number of carboxylic acids is 1. The molecule has 1 saturated carbocycles. The molecule has 3 aromatic heterocycles. The molecule has 0 saturated heterocycles. The molecular weight excluding hydrogens is 504 g/mol. The van der Waals surface area contributed by atoms with E-state index in [0.717, 1.165) is 42.5 Å². The Balaban J connectivity index is 1.44. The summed E-state index contributed by atoms with van der Waals surface area (Å²) >= 11 is 0. The summed E-state index contributed by atoms with van der Waals surface area (Å²) in [5.74, 6) is -0.479. The maximum atomic E-state index is 13.8. The number of aryl methyl sites for hydroxylation is 1. The monoisotopic (exact) mass is 532 g/mol. The first-order valence-corrected chi connectivity index (χ1v) is 13.4. The molecule has 0 amide bonds. The Labute approximate surface area is 221 Å². The molecule has 0 radical (unpaired) electrons. The Morgan fingerprint density at radius 3 is 2.55 bits per heavy atom. The first-order valence-electron chi connectivity index (χ1n) is 12.3. The van der Waals surface area contributed by atoms with Crippen molar-refractivity contribution < 1.29 is 14.1 Å². The van der Waals surface area contributed by atoms with Gasteiger partial charge in [-0.1, -0.05) is 23.4 Å². The van der Waals surface area contributed by atoms with Crippen molar-refractivity contribution in [3.8, 4) is 11.1 Å². The molecule has 196 valence electrons. The highest BCUT2D eigenvalue weighted by atomic mass is 32.2. The summed E-state index contributed by atoms with van der Waals surface area (Å²) in [5.41, 5.74) is 17.0. The van der Waals surface area contributed by atoms with Crippen molar-refractivity contribution >= 4 is 28.8 Å². The number of allylic oxidation sites excluding steroid dienone is 1. The molecule has 1 aromatic carbocycles. The molecule has 5 rings (SSSR count). The van der Waals surface area contributed by atoms with Crippen molar-refractivity contribution in [3.05, 3.63) is 77.9 Å². The zero-order valence-corrected chi connectivity index (χ0v) is 21.4. The van der Waals surface area contributed by atoms with E-state index in [1.54, 1.807) is 16.4 Å². The Hall–Kier alpha value is -4.32. The predicted octanol–water partition coefficient (Wildman–Crippen LogP) is 3.44. The van der Waals surface area contributed by atoms with Crippen LogP contribution in [0.5, 0.6) is 0 Å². The molecule has 0 spiro atoms. The van der Waals surface area contributed by atoms with E-state index in [0.29, 0.717) is 34.9 Å². The van der Waals surface area contributed by atoms with Gasteiger partial charge in [-0.2, -0.15) is 0 Å². The van der Waals surface area contributed by atoms with E-state index in [-0.39, 0.29) is 11.6 Å². The van der Waals surface area contributed by atoms with Gasteiger partial charge < -0.3 is 16.6 Å². The number of aromatic nitrogens is 6. The van der Waals surface area contributed by atoms with Crippen LogP contribution < -0.4 is 11.5 Å². The number of benzene rings is 1. The molecule has 0 aliphatic heterocycles. The maximum absolute atomic E-state index is 13.8. The Bertz CT molecular complexity index is 1490. The van der Waals surface area contributed by atoms with Crippen LogP contribution in [0.1, 0.15) is 59.8 Å². The van der Waals surface area contributed by atoms with Crippen molar-refractivity contribution in [3.63, 3.8) is 0 Å². The van der Waals surface area contributed by atoms with Gasteiger partial charge in [-0.3, -0.25) is 4.68 Å². The fraction of sp³-hybridized carbons (Fsp3) is 0.269. The van der Waals surface area contributed by atoms with Crippen LogP contribution in [-0.4, -0.2) is 44.2 Å². The molecule has 0 bridgehead atoms. The highest BCUT2D eigenvalue weighted by Crippen LogP contribution is 2.49. The average Bonchev–Trinajstić information content (AvgIpc) is 3.59. The second-order valence-electron chi connectivity index (χ2n) is 9.17. The van der Waals surface area contributed by atoms with E-state index in [4.69, 9.17) is 16.6 Å². The minimum Gasteiger partial charge on any atom is -0.476 e. The minimum atomic E-state index is -1.53. The molecule has 1 atom stereocenters. The van der Waals surface area contributed by atoms with Crippen LogP contribution in [0, 0.1) is 0 Å². The van der Waals surface area contributed by atoms with Crippen LogP contribution in [0.2, 0.25) is 0 Å². The van der Waals surface area contributed by atoms with Crippen LogP contribution in [0.3, 0.4) is 0 Å². The van der Waals surface area contributed by atoms with Crippen molar-refractivity contribution in [1.29, 1.82) is 0 Å². The van der Waals surface area contributed by atoms with Crippen molar-refractivity contribution in [2.24, 2.45) is 5.73 Å². The number of carboxylic acid groups (broad SMARTS) is 1. The third kappa shape index (κ3) is 5.35. The number of hydrogen-bond acceptors (Lipinski definition) is 8. The Morgan fingerprint density at radius 1 is 1.16 bits per heavy atom. The summed E-state index contributed by atoms with van der Waals surface area (Å²) < 4.78 is 17.0. The van der Waals surface area contributed by atoms with Gasteiger partial charge in [-0.05, 0) is 50.3 Å². The molecule has 1 unspecified atom stereocenters. The molecule has 4 aromatic rings. The molecular formula is C26H28N8O3S. The first kappa shape index (κ1) is 25.3. The molecule has 5 N–H and O–H groups in total. The predicted molar refractivity (Wildman–Crippen MR) is 143 cm³/mol. The number of carbonyl (C=O) groups is 1. The zero-order chi connectivity index (χ0) is 26.6. The number of rotatable bonds is 11. The second kappa shape index (κ2) is 11.0. The second-order valence-corrected chi connectivity index (χ2v) is 10.5. The lowest BCUT2D eigenvalue weighted by Crippen LogP contribution is -2.11. The summed E-state index contributed by atoms with van der Waals surface area (Å²) in [6.07, 6.45) is 12.3. The third-order valence-electron chi connectivity index (χ3n) is 6.35. The van der Waals surface area contributed by atoms with Crippen LogP contribution in [-0.2, 0) is 17.5 Å². The molecule has 1 aliphatic carbocycles. The largest absolute Gasteiger partial charge is 0.476 e. The number of nitrogen functional groups attached to an aromatic ring is 1. The molecule has 38 heavy (non-hydrogen) atoms. The number of aromatic carboxylic acids is 1. The van der Waals surface area contributed by atoms with Crippen LogP contribution >= 0.6 is 0 Å². The van der Waals surface area contributed by atoms with Crippen LogP contribution in [0.4, 0.5) is 5.82 Å². The molecule has 1 fully saturated rings. The lowest BCUT2D eigenvalue weighted by Gasteiger charge is -2.11. The van der Waals surface area contributed by atoms with Gasteiger partial charge in [0.2, 0.25) is 0 Å². The van der Waals surface area contributed by atoms with Crippen molar-refractivity contribution in [1.82, 2.24) is 28.9 Å². The summed E-state index contributed by atoms with van der Waals surface area (Å²) in [6.45, 7) is 0.528. The normalized spacial score (nSPS) is 14.5. The molecule has 12 heteroatoms. The van der Waals surface area contributed by atoms with Crippen LogP contribution in [0.15, 0.2) is 65.8 Å². The number of nitrogens with zero attached hydrogens (tertiary/aromatic N) is 6. The van der Waals surface area contributed by atoms with Gasteiger partial charge in [0, 0.05) is 52.9 Å². The lowest BCUT2D eigenvalue weighted by atomic mass is 10.00. The lowest BCUT2D eigenvalue weighted by molar-refractivity contribution is 0.0690. The summed E-state index contributed by atoms with van der Waals surface area (Å²) in [6, 6.07) is 9.26. The van der Waals surface area contributed by atoms with Crippen molar-refractivity contribution in [2.75, 3.05) is 5.73 Å². The third-order valence-corrected chi connectivity index (χ3v) is 7.75. The highest BCUT2D eigenvalue weighted by Gasteiger charge is 2.35. The molecule has 11 nitrogen and oxygen atoms in total. The van der Waals surface area contributed by atoms with Gasteiger partial charge in [0.05, 0.1) is 11.1 Å². The van der Waals surface area contributed by atoms with E-state index in [1.165, 1.54) is 17.2 Å². The maximum Gasteiger partial charge on any atom is 0.358 e. The summed E-state index contributed by atoms with van der Waals surface area (Å²) in [7, 11) is -1.53. The van der Waals surface area contributed by atoms with Gasteiger partial charge >= 0.3 is 5.97 Å². The number of anilines is 1. The van der Waals surface area contributed by atoms with E-state index in [1.807, 2.05) is 36.4 Å².